The van der Waals surface area contributed by atoms with Crippen molar-refractivity contribution in [2.45, 2.75) is 39.8 Å². The van der Waals surface area contributed by atoms with Gasteiger partial charge in [-0.3, -0.25) is 4.90 Å². The quantitative estimate of drug-likeness (QED) is 0.829. The molecule has 1 saturated heterocycles. The Morgan fingerprint density at radius 1 is 1.20 bits per heavy atom. The van der Waals surface area contributed by atoms with E-state index >= 15 is 0 Å². The van der Waals surface area contributed by atoms with Crippen LogP contribution in [0.4, 0.5) is 10.5 Å². The van der Waals surface area contributed by atoms with Crippen LogP contribution in [-0.4, -0.2) is 67.7 Å². The number of nitrogens with zero attached hydrogens (tertiary/aromatic N) is 2. The van der Waals surface area contributed by atoms with Gasteiger partial charge >= 0.3 is 6.03 Å². The monoisotopic (exact) mass is 348 g/mol. The summed E-state index contributed by atoms with van der Waals surface area (Å²) in [4.78, 5) is 16.9. The summed E-state index contributed by atoms with van der Waals surface area (Å²) >= 11 is 0. The lowest BCUT2D eigenvalue weighted by molar-refractivity contribution is 0.145. The number of piperazine rings is 1. The second-order valence-corrected chi connectivity index (χ2v) is 7.25. The van der Waals surface area contributed by atoms with E-state index in [0.717, 1.165) is 49.7 Å². The molecule has 1 aromatic carbocycles. The molecule has 0 bridgehead atoms. The maximum Gasteiger partial charge on any atom is 0.319 e. The van der Waals surface area contributed by atoms with Crippen LogP contribution in [0.2, 0.25) is 0 Å². The number of urea groups is 1. The van der Waals surface area contributed by atoms with Gasteiger partial charge in [-0.15, -0.1) is 0 Å². The minimum absolute atomic E-state index is 0.105. The highest BCUT2D eigenvalue weighted by atomic mass is 16.5. The van der Waals surface area contributed by atoms with E-state index in [2.05, 4.69) is 27.5 Å². The fraction of sp³-hybridized carbons (Fsp3) is 0.632. The number of hydrogen-bond donors (Lipinski definition) is 2. The molecule has 2 amide bonds. The second-order valence-electron chi connectivity index (χ2n) is 7.25. The number of likely N-dealkylation sites (N-methyl/N-ethyl adjacent to an activating group) is 1. The van der Waals surface area contributed by atoms with Crippen molar-refractivity contribution in [2.24, 2.45) is 0 Å². The molecule has 2 N–H and O–H groups in total. The molecule has 140 valence electrons. The number of amides is 2. The van der Waals surface area contributed by atoms with Gasteiger partial charge in [0.2, 0.25) is 0 Å². The van der Waals surface area contributed by atoms with Crippen LogP contribution in [0.1, 0.15) is 26.3 Å². The number of carbonyl (C=O) groups is 1. The molecule has 1 atom stereocenters. The normalized spacial score (nSPS) is 17.4. The van der Waals surface area contributed by atoms with Gasteiger partial charge in [0.05, 0.1) is 6.10 Å². The Hall–Kier alpha value is -1.79. The van der Waals surface area contributed by atoms with Gasteiger partial charge in [-0.05, 0) is 58.5 Å². The molecule has 1 heterocycles. The maximum absolute atomic E-state index is 12.2. The molecule has 0 unspecified atom stereocenters. The zero-order chi connectivity index (χ0) is 18.4. The third-order valence-corrected chi connectivity index (χ3v) is 4.30. The van der Waals surface area contributed by atoms with Crippen molar-refractivity contribution >= 4 is 11.7 Å². The average molecular weight is 348 g/mol. The Kier molecular flexibility index (Phi) is 7.08. The van der Waals surface area contributed by atoms with E-state index in [9.17, 15) is 4.79 Å². The summed E-state index contributed by atoms with van der Waals surface area (Å²) in [5.41, 5.74) is 1.79. The number of carbonyl (C=O) groups excluding carboxylic acids is 1. The van der Waals surface area contributed by atoms with E-state index in [0.29, 0.717) is 0 Å². The first kappa shape index (κ1) is 19.5. The molecule has 0 radical (unpaired) electrons. The van der Waals surface area contributed by atoms with Crippen LogP contribution >= 0.6 is 0 Å². The number of aryl methyl sites for hydroxylation is 1. The topological polar surface area (TPSA) is 56.8 Å². The van der Waals surface area contributed by atoms with Gasteiger partial charge in [-0.25, -0.2) is 4.79 Å². The molecule has 2 rings (SSSR count). The highest BCUT2D eigenvalue weighted by Gasteiger charge is 2.17. The Labute approximate surface area is 151 Å². The van der Waals surface area contributed by atoms with E-state index < -0.39 is 0 Å². The van der Waals surface area contributed by atoms with E-state index in [1.54, 1.807) is 0 Å². The highest BCUT2D eigenvalue weighted by molar-refractivity contribution is 5.89. The van der Waals surface area contributed by atoms with Crippen molar-refractivity contribution in [1.29, 1.82) is 0 Å². The Balaban J connectivity index is 1.80. The van der Waals surface area contributed by atoms with Crippen LogP contribution < -0.4 is 15.4 Å². The number of anilines is 1. The first-order chi connectivity index (χ1) is 11.8. The molecule has 6 heteroatoms. The average Bonchev–Trinajstić information content (AvgIpc) is 2.51. The van der Waals surface area contributed by atoms with E-state index in [-0.39, 0.29) is 18.2 Å². The van der Waals surface area contributed by atoms with Crippen LogP contribution in [0, 0.1) is 6.92 Å². The van der Waals surface area contributed by atoms with Crippen molar-refractivity contribution < 1.29 is 9.53 Å². The predicted octanol–water partition coefficient (Wildman–Crippen LogP) is 2.54. The molecule has 0 spiro atoms. The number of hydrogen-bond acceptors (Lipinski definition) is 4. The van der Waals surface area contributed by atoms with Crippen molar-refractivity contribution in [2.75, 3.05) is 45.1 Å². The Bertz CT molecular complexity index is 569. The van der Waals surface area contributed by atoms with Crippen molar-refractivity contribution in [1.82, 2.24) is 15.1 Å². The number of benzene rings is 1. The predicted molar refractivity (Wildman–Crippen MR) is 102 cm³/mol. The SMILES string of the molecule is Cc1cc(NC(=O)N[C@@H](C)CN2CCN(C)CC2)ccc1OC(C)C. The minimum Gasteiger partial charge on any atom is -0.491 e. The lowest BCUT2D eigenvalue weighted by atomic mass is 10.2. The summed E-state index contributed by atoms with van der Waals surface area (Å²) < 4.78 is 5.72. The van der Waals surface area contributed by atoms with Crippen LogP contribution in [-0.2, 0) is 0 Å². The van der Waals surface area contributed by atoms with Crippen molar-refractivity contribution in [3.05, 3.63) is 23.8 Å². The van der Waals surface area contributed by atoms with Crippen LogP contribution in [0.5, 0.6) is 5.75 Å². The third-order valence-electron chi connectivity index (χ3n) is 4.30. The number of rotatable bonds is 6. The zero-order valence-corrected chi connectivity index (χ0v) is 16.1. The lowest BCUT2D eigenvalue weighted by Gasteiger charge is -2.34. The number of nitrogens with one attached hydrogen (secondary N) is 2. The molecule has 6 nitrogen and oxygen atoms in total. The van der Waals surface area contributed by atoms with Crippen LogP contribution in [0.3, 0.4) is 0 Å². The van der Waals surface area contributed by atoms with Crippen LogP contribution in [0.15, 0.2) is 18.2 Å². The fourth-order valence-electron chi connectivity index (χ4n) is 2.97. The molecular weight excluding hydrogens is 316 g/mol. The van der Waals surface area contributed by atoms with E-state index in [1.165, 1.54) is 0 Å². The van der Waals surface area contributed by atoms with Gasteiger partial charge in [0, 0.05) is 44.5 Å². The standard InChI is InChI=1S/C19H32N4O2/c1-14(2)25-18-7-6-17(12-15(18)3)21-19(24)20-16(4)13-23-10-8-22(5)9-11-23/h6-7,12,14,16H,8-11,13H2,1-5H3,(H2,20,21,24)/t16-/m0/s1. The van der Waals surface area contributed by atoms with Crippen molar-refractivity contribution in [3.8, 4) is 5.75 Å². The molecule has 25 heavy (non-hydrogen) atoms. The first-order valence-electron chi connectivity index (χ1n) is 9.09. The van der Waals surface area contributed by atoms with Crippen LogP contribution in [0.25, 0.3) is 0 Å². The fourth-order valence-corrected chi connectivity index (χ4v) is 2.97. The molecule has 1 fully saturated rings. The highest BCUT2D eigenvalue weighted by Crippen LogP contribution is 2.22. The van der Waals surface area contributed by atoms with Gasteiger partial charge in [0.15, 0.2) is 0 Å². The summed E-state index contributed by atoms with van der Waals surface area (Å²) in [6.07, 6.45) is 0.135. The summed E-state index contributed by atoms with van der Waals surface area (Å²) in [7, 11) is 2.14. The van der Waals surface area contributed by atoms with Crippen molar-refractivity contribution in [3.63, 3.8) is 0 Å². The molecule has 1 aromatic rings. The zero-order valence-electron chi connectivity index (χ0n) is 16.1. The maximum atomic E-state index is 12.2. The first-order valence-corrected chi connectivity index (χ1v) is 9.09. The van der Waals surface area contributed by atoms with Gasteiger partial charge in [0.1, 0.15) is 5.75 Å². The molecule has 0 aromatic heterocycles. The largest absolute Gasteiger partial charge is 0.491 e. The Morgan fingerprint density at radius 3 is 2.48 bits per heavy atom. The van der Waals surface area contributed by atoms with E-state index in [4.69, 9.17) is 4.74 Å². The summed E-state index contributed by atoms with van der Waals surface area (Å²) in [6, 6.07) is 5.64. The third kappa shape index (κ3) is 6.55. The molecular formula is C19H32N4O2. The summed E-state index contributed by atoms with van der Waals surface area (Å²) in [6.45, 7) is 13.2. The second kappa shape index (κ2) is 9.06. The number of ether oxygens (including phenoxy) is 1. The molecule has 1 aliphatic heterocycles. The molecule has 1 aliphatic rings. The summed E-state index contributed by atoms with van der Waals surface area (Å²) in [5.74, 6) is 0.851. The minimum atomic E-state index is -0.168. The van der Waals surface area contributed by atoms with Gasteiger partial charge in [0.25, 0.3) is 0 Å². The summed E-state index contributed by atoms with van der Waals surface area (Å²) in [5, 5.41) is 5.92. The Morgan fingerprint density at radius 2 is 1.88 bits per heavy atom. The lowest BCUT2D eigenvalue weighted by Crippen LogP contribution is -2.50. The van der Waals surface area contributed by atoms with Gasteiger partial charge in [-0.1, -0.05) is 0 Å². The van der Waals surface area contributed by atoms with Gasteiger partial charge < -0.3 is 20.3 Å². The van der Waals surface area contributed by atoms with Gasteiger partial charge in [-0.2, -0.15) is 0 Å². The molecule has 0 aliphatic carbocycles. The van der Waals surface area contributed by atoms with E-state index in [1.807, 2.05) is 45.9 Å². The smallest absolute Gasteiger partial charge is 0.319 e. The molecule has 0 saturated carbocycles.